The Morgan fingerprint density at radius 2 is 2.17 bits per heavy atom. The lowest BCUT2D eigenvalue weighted by Crippen LogP contribution is -2.58. The lowest BCUT2D eigenvalue weighted by molar-refractivity contribution is -0.149. The number of hydrogen-bond acceptors (Lipinski definition) is 3. The normalized spacial score (nSPS) is 27.3. The van der Waals surface area contributed by atoms with E-state index in [9.17, 15) is 14.7 Å². The predicted octanol–water partition coefficient (Wildman–Crippen LogP) is 1.14. The third-order valence-electron chi connectivity index (χ3n) is 3.76. The number of carboxylic acid groups (broad SMARTS) is 1. The molecule has 1 aliphatic heterocycles. The van der Waals surface area contributed by atoms with E-state index in [1.807, 2.05) is 13.8 Å². The zero-order chi connectivity index (χ0) is 13.8. The number of carbonyl (C=O) groups is 2. The van der Waals surface area contributed by atoms with Crippen LogP contribution >= 0.6 is 0 Å². The summed E-state index contributed by atoms with van der Waals surface area (Å²) in [5.74, 6) is -1.13. The predicted molar refractivity (Wildman–Crippen MR) is 69.3 cm³/mol. The topological polar surface area (TPSA) is 78.4 Å². The van der Waals surface area contributed by atoms with E-state index >= 15 is 0 Å². The molecule has 1 heterocycles. The monoisotopic (exact) mass is 256 g/mol. The summed E-state index contributed by atoms with van der Waals surface area (Å²) in [7, 11) is 0. The first-order valence-electron chi connectivity index (χ1n) is 6.61. The van der Waals surface area contributed by atoms with Gasteiger partial charge in [0.05, 0.1) is 5.41 Å². The van der Waals surface area contributed by atoms with E-state index in [0.717, 1.165) is 25.8 Å². The molecule has 0 aliphatic carbocycles. The number of nitrogens with one attached hydrogen (secondary N) is 2. The SMILES string of the molecule is CCCC(C)(NC(=O)C1(C)CCCNC1)C(=O)O. The van der Waals surface area contributed by atoms with Gasteiger partial charge in [-0.15, -0.1) is 0 Å². The molecule has 0 bridgehead atoms. The van der Waals surface area contributed by atoms with E-state index in [1.165, 1.54) is 0 Å². The molecule has 3 N–H and O–H groups in total. The van der Waals surface area contributed by atoms with E-state index in [0.29, 0.717) is 13.0 Å². The molecule has 0 saturated carbocycles. The van der Waals surface area contributed by atoms with Crippen LogP contribution in [0.1, 0.15) is 46.5 Å². The molecular formula is C13H24N2O3. The summed E-state index contributed by atoms with van der Waals surface area (Å²) in [5.41, 5.74) is -1.66. The van der Waals surface area contributed by atoms with Gasteiger partial charge >= 0.3 is 5.97 Å². The summed E-state index contributed by atoms with van der Waals surface area (Å²) in [4.78, 5) is 23.6. The number of amides is 1. The summed E-state index contributed by atoms with van der Waals surface area (Å²) in [6.45, 7) is 6.92. The minimum Gasteiger partial charge on any atom is -0.480 e. The van der Waals surface area contributed by atoms with Crippen molar-refractivity contribution in [2.45, 2.75) is 52.0 Å². The molecular weight excluding hydrogens is 232 g/mol. The van der Waals surface area contributed by atoms with Crippen LogP contribution in [0.15, 0.2) is 0 Å². The van der Waals surface area contributed by atoms with Crippen molar-refractivity contribution in [3.8, 4) is 0 Å². The molecule has 104 valence electrons. The molecule has 0 aromatic heterocycles. The maximum absolute atomic E-state index is 12.3. The zero-order valence-electron chi connectivity index (χ0n) is 11.5. The number of rotatable bonds is 5. The van der Waals surface area contributed by atoms with Crippen molar-refractivity contribution in [3.05, 3.63) is 0 Å². The second-order valence-electron chi connectivity index (χ2n) is 5.68. The number of piperidine rings is 1. The van der Waals surface area contributed by atoms with Gasteiger partial charge in [-0.2, -0.15) is 0 Å². The first-order chi connectivity index (χ1) is 8.34. The second kappa shape index (κ2) is 5.69. The molecule has 18 heavy (non-hydrogen) atoms. The zero-order valence-corrected chi connectivity index (χ0v) is 11.5. The molecule has 1 fully saturated rings. The summed E-state index contributed by atoms with van der Waals surface area (Å²) in [5, 5.41) is 15.2. The van der Waals surface area contributed by atoms with Gasteiger partial charge in [-0.25, -0.2) is 4.79 Å². The van der Waals surface area contributed by atoms with Gasteiger partial charge < -0.3 is 15.7 Å². The fraction of sp³-hybridized carbons (Fsp3) is 0.846. The highest BCUT2D eigenvalue weighted by molar-refractivity contribution is 5.89. The van der Waals surface area contributed by atoms with Crippen molar-refractivity contribution in [1.82, 2.24) is 10.6 Å². The molecule has 1 aliphatic rings. The maximum atomic E-state index is 12.3. The van der Waals surface area contributed by atoms with Gasteiger partial charge in [-0.1, -0.05) is 13.3 Å². The van der Waals surface area contributed by atoms with Gasteiger partial charge in [0.2, 0.25) is 5.91 Å². The van der Waals surface area contributed by atoms with Crippen LogP contribution in [0.5, 0.6) is 0 Å². The average molecular weight is 256 g/mol. The van der Waals surface area contributed by atoms with Crippen LogP contribution in [0.4, 0.5) is 0 Å². The first-order valence-corrected chi connectivity index (χ1v) is 6.61. The highest BCUT2D eigenvalue weighted by Crippen LogP contribution is 2.27. The Labute approximate surface area is 108 Å². The molecule has 0 aromatic rings. The van der Waals surface area contributed by atoms with Crippen molar-refractivity contribution in [1.29, 1.82) is 0 Å². The smallest absolute Gasteiger partial charge is 0.329 e. The Morgan fingerprint density at radius 1 is 1.50 bits per heavy atom. The number of hydrogen-bond donors (Lipinski definition) is 3. The van der Waals surface area contributed by atoms with Crippen molar-refractivity contribution in [2.24, 2.45) is 5.41 Å². The standard InChI is InChI=1S/C13H24N2O3/c1-4-6-13(3,11(17)18)15-10(16)12(2)7-5-8-14-9-12/h14H,4-9H2,1-3H3,(H,15,16)(H,17,18). The Kier molecular flexibility index (Phi) is 4.73. The molecule has 5 nitrogen and oxygen atoms in total. The Hall–Kier alpha value is -1.10. The van der Waals surface area contributed by atoms with Crippen LogP contribution < -0.4 is 10.6 Å². The van der Waals surface area contributed by atoms with Crippen molar-refractivity contribution >= 4 is 11.9 Å². The first kappa shape index (κ1) is 15.0. The molecule has 1 amide bonds. The van der Waals surface area contributed by atoms with E-state index in [4.69, 9.17) is 0 Å². The number of carbonyl (C=O) groups excluding carboxylic acids is 1. The molecule has 5 heteroatoms. The molecule has 1 rings (SSSR count). The fourth-order valence-electron chi connectivity index (χ4n) is 2.37. The molecule has 2 unspecified atom stereocenters. The summed E-state index contributed by atoms with van der Waals surface area (Å²) >= 11 is 0. The van der Waals surface area contributed by atoms with Crippen LogP contribution in [0.3, 0.4) is 0 Å². The average Bonchev–Trinajstić information content (AvgIpc) is 2.30. The number of aliphatic carboxylic acids is 1. The van der Waals surface area contributed by atoms with Crippen molar-refractivity contribution in [2.75, 3.05) is 13.1 Å². The van der Waals surface area contributed by atoms with Gasteiger partial charge in [-0.3, -0.25) is 4.79 Å². The van der Waals surface area contributed by atoms with Gasteiger partial charge in [0.1, 0.15) is 5.54 Å². The molecule has 2 atom stereocenters. The minimum atomic E-state index is -1.16. The molecule has 0 aromatic carbocycles. The summed E-state index contributed by atoms with van der Waals surface area (Å²) in [6.07, 6.45) is 2.91. The van der Waals surface area contributed by atoms with Gasteiger partial charge in [0, 0.05) is 6.54 Å². The fourth-order valence-corrected chi connectivity index (χ4v) is 2.37. The summed E-state index contributed by atoms with van der Waals surface area (Å²) < 4.78 is 0. The van der Waals surface area contributed by atoms with Crippen molar-refractivity contribution < 1.29 is 14.7 Å². The minimum absolute atomic E-state index is 0.159. The third-order valence-corrected chi connectivity index (χ3v) is 3.76. The Morgan fingerprint density at radius 3 is 2.61 bits per heavy atom. The van der Waals surface area contributed by atoms with Gasteiger partial charge in [-0.05, 0) is 39.7 Å². The highest BCUT2D eigenvalue weighted by atomic mass is 16.4. The lowest BCUT2D eigenvalue weighted by Gasteiger charge is -2.36. The van der Waals surface area contributed by atoms with E-state index < -0.39 is 16.9 Å². The van der Waals surface area contributed by atoms with Crippen LogP contribution in [-0.4, -0.2) is 35.6 Å². The highest BCUT2D eigenvalue weighted by Gasteiger charge is 2.41. The van der Waals surface area contributed by atoms with Crippen LogP contribution in [-0.2, 0) is 9.59 Å². The Balaban J connectivity index is 2.74. The third kappa shape index (κ3) is 3.22. The van der Waals surface area contributed by atoms with Gasteiger partial charge in [0.15, 0.2) is 0 Å². The molecule has 0 radical (unpaired) electrons. The maximum Gasteiger partial charge on any atom is 0.329 e. The van der Waals surface area contributed by atoms with E-state index in [-0.39, 0.29) is 5.91 Å². The van der Waals surface area contributed by atoms with Crippen LogP contribution in [0.25, 0.3) is 0 Å². The molecule has 0 spiro atoms. The van der Waals surface area contributed by atoms with Gasteiger partial charge in [0.25, 0.3) is 0 Å². The Bertz CT molecular complexity index is 324. The lowest BCUT2D eigenvalue weighted by atomic mass is 9.80. The summed E-state index contributed by atoms with van der Waals surface area (Å²) in [6, 6.07) is 0. The second-order valence-corrected chi connectivity index (χ2v) is 5.68. The van der Waals surface area contributed by atoms with Crippen LogP contribution in [0.2, 0.25) is 0 Å². The van der Waals surface area contributed by atoms with Crippen LogP contribution in [0, 0.1) is 5.41 Å². The van der Waals surface area contributed by atoms with E-state index in [1.54, 1.807) is 6.92 Å². The number of carboxylic acids is 1. The quantitative estimate of drug-likeness (QED) is 0.689. The molecule has 1 saturated heterocycles. The van der Waals surface area contributed by atoms with Crippen molar-refractivity contribution in [3.63, 3.8) is 0 Å². The van der Waals surface area contributed by atoms with E-state index in [2.05, 4.69) is 10.6 Å². The largest absolute Gasteiger partial charge is 0.480 e.